The van der Waals surface area contributed by atoms with Crippen LogP contribution in [0.2, 0.25) is 0 Å². The smallest absolute Gasteiger partial charge is 0.0364 e. The first kappa shape index (κ1) is 8.70. The van der Waals surface area contributed by atoms with Gasteiger partial charge in [-0.3, -0.25) is 4.98 Å². The lowest BCUT2D eigenvalue weighted by Gasteiger charge is -2.17. The lowest BCUT2D eigenvalue weighted by molar-refractivity contribution is 0.448. The van der Waals surface area contributed by atoms with Crippen LogP contribution in [0.25, 0.3) is 0 Å². The zero-order chi connectivity index (χ0) is 9.10. The molecular formula is C11H16N2. The Morgan fingerprint density at radius 1 is 1.62 bits per heavy atom. The van der Waals surface area contributed by atoms with E-state index in [2.05, 4.69) is 23.3 Å². The zero-order valence-electron chi connectivity index (χ0n) is 8.03. The van der Waals surface area contributed by atoms with Crippen LogP contribution in [0.3, 0.4) is 0 Å². The Bertz CT molecular complexity index is 258. The molecule has 1 aliphatic rings. The third-order valence-electron chi connectivity index (χ3n) is 2.92. The lowest BCUT2D eigenvalue weighted by atomic mass is 9.93. The highest BCUT2D eigenvalue weighted by Gasteiger charge is 2.26. The van der Waals surface area contributed by atoms with E-state index in [1.807, 2.05) is 18.5 Å². The average molecular weight is 176 g/mol. The predicted octanol–water partition coefficient (Wildman–Crippen LogP) is 2.14. The number of rotatable bonds is 2. The van der Waals surface area contributed by atoms with E-state index in [1.54, 1.807) is 0 Å². The summed E-state index contributed by atoms with van der Waals surface area (Å²) in [5, 5.41) is 3.53. The van der Waals surface area contributed by atoms with Gasteiger partial charge in [-0.05, 0) is 30.5 Å². The maximum absolute atomic E-state index is 4.16. The minimum absolute atomic E-state index is 0.540. The van der Waals surface area contributed by atoms with Crippen molar-refractivity contribution in [3.8, 4) is 0 Å². The zero-order valence-corrected chi connectivity index (χ0v) is 8.03. The van der Waals surface area contributed by atoms with Gasteiger partial charge in [0, 0.05) is 18.4 Å². The van der Waals surface area contributed by atoms with E-state index in [4.69, 9.17) is 0 Å². The van der Waals surface area contributed by atoms with Crippen LogP contribution < -0.4 is 5.32 Å². The number of aromatic nitrogens is 1. The molecule has 1 N–H and O–H groups in total. The molecule has 13 heavy (non-hydrogen) atoms. The van der Waals surface area contributed by atoms with Gasteiger partial charge < -0.3 is 5.32 Å². The van der Waals surface area contributed by atoms with E-state index in [0.717, 1.165) is 12.5 Å². The molecule has 2 unspecified atom stereocenters. The van der Waals surface area contributed by atoms with Gasteiger partial charge in [0.2, 0.25) is 0 Å². The Labute approximate surface area is 79.4 Å². The summed E-state index contributed by atoms with van der Waals surface area (Å²) in [7, 11) is 0. The van der Waals surface area contributed by atoms with Crippen molar-refractivity contribution in [2.75, 3.05) is 6.54 Å². The Morgan fingerprint density at radius 2 is 2.54 bits per heavy atom. The van der Waals surface area contributed by atoms with Crippen molar-refractivity contribution >= 4 is 0 Å². The van der Waals surface area contributed by atoms with Crippen LogP contribution in [-0.2, 0) is 0 Å². The quantitative estimate of drug-likeness (QED) is 0.746. The van der Waals surface area contributed by atoms with Gasteiger partial charge in [-0.25, -0.2) is 0 Å². The fourth-order valence-corrected chi connectivity index (χ4v) is 2.15. The standard InChI is InChI=1S/C11H16N2/c1-2-9-5-7-13-11(9)10-4-3-6-12-8-10/h3-4,6,8-9,11,13H,2,5,7H2,1H3. The van der Waals surface area contributed by atoms with Crippen LogP contribution >= 0.6 is 0 Å². The molecule has 0 bridgehead atoms. The van der Waals surface area contributed by atoms with Crippen LogP contribution in [0, 0.1) is 5.92 Å². The molecule has 2 heteroatoms. The predicted molar refractivity (Wildman–Crippen MR) is 53.4 cm³/mol. The van der Waals surface area contributed by atoms with Crippen LogP contribution in [0.15, 0.2) is 24.5 Å². The Balaban J connectivity index is 2.16. The number of hydrogen-bond acceptors (Lipinski definition) is 2. The summed E-state index contributed by atoms with van der Waals surface area (Å²) in [6.45, 7) is 3.42. The fraction of sp³-hybridized carbons (Fsp3) is 0.545. The number of pyridine rings is 1. The van der Waals surface area contributed by atoms with Gasteiger partial charge in [0.05, 0.1) is 0 Å². The molecule has 1 fully saturated rings. The Kier molecular flexibility index (Phi) is 2.60. The minimum Gasteiger partial charge on any atom is -0.310 e. The maximum Gasteiger partial charge on any atom is 0.0364 e. The normalized spacial score (nSPS) is 27.8. The number of nitrogens with zero attached hydrogens (tertiary/aromatic N) is 1. The molecule has 2 nitrogen and oxygen atoms in total. The number of nitrogens with one attached hydrogen (secondary N) is 1. The molecule has 70 valence electrons. The molecule has 0 saturated carbocycles. The second-order valence-corrected chi connectivity index (χ2v) is 3.68. The van der Waals surface area contributed by atoms with Gasteiger partial charge in [0.1, 0.15) is 0 Å². The van der Waals surface area contributed by atoms with Gasteiger partial charge in [0.25, 0.3) is 0 Å². The molecule has 2 atom stereocenters. The van der Waals surface area contributed by atoms with Crippen molar-refractivity contribution < 1.29 is 0 Å². The maximum atomic E-state index is 4.16. The summed E-state index contributed by atoms with van der Waals surface area (Å²) in [5.74, 6) is 0.796. The molecule has 2 heterocycles. The van der Waals surface area contributed by atoms with E-state index >= 15 is 0 Å². The number of hydrogen-bond donors (Lipinski definition) is 1. The average Bonchev–Trinajstić information content (AvgIpc) is 2.67. The summed E-state index contributed by atoms with van der Waals surface area (Å²) in [6.07, 6.45) is 6.37. The first-order valence-corrected chi connectivity index (χ1v) is 5.05. The highest BCUT2D eigenvalue weighted by atomic mass is 15.0. The van der Waals surface area contributed by atoms with Crippen molar-refractivity contribution in [1.82, 2.24) is 10.3 Å². The third kappa shape index (κ3) is 1.73. The molecule has 1 aromatic rings. The Hall–Kier alpha value is -0.890. The monoisotopic (exact) mass is 176 g/mol. The SMILES string of the molecule is CCC1CCNC1c1cccnc1. The van der Waals surface area contributed by atoms with Crippen molar-refractivity contribution in [2.24, 2.45) is 5.92 Å². The molecule has 0 aromatic carbocycles. The summed E-state index contributed by atoms with van der Waals surface area (Å²) >= 11 is 0. The minimum atomic E-state index is 0.540. The van der Waals surface area contributed by atoms with Crippen LogP contribution in [0.5, 0.6) is 0 Å². The van der Waals surface area contributed by atoms with E-state index in [0.29, 0.717) is 6.04 Å². The molecule has 1 saturated heterocycles. The first-order chi connectivity index (χ1) is 6.42. The van der Waals surface area contributed by atoms with E-state index in [9.17, 15) is 0 Å². The topological polar surface area (TPSA) is 24.9 Å². The van der Waals surface area contributed by atoms with Gasteiger partial charge in [-0.2, -0.15) is 0 Å². The molecule has 1 aromatic heterocycles. The second kappa shape index (κ2) is 3.88. The van der Waals surface area contributed by atoms with Crippen LogP contribution in [0.4, 0.5) is 0 Å². The Morgan fingerprint density at radius 3 is 3.23 bits per heavy atom. The van der Waals surface area contributed by atoms with Crippen molar-refractivity contribution in [3.63, 3.8) is 0 Å². The highest BCUT2D eigenvalue weighted by Crippen LogP contribution is 2.30. The summed E-state index contributed by atoms with van der Waals surface area (Å²) < 4.78 is 0. The van der Waals surface area contributed by atoms with E-state index in [1.165, 1.54) is 18.4 Å². The lowest BCUT2D eigenvalue weighted by Crippen LogP contribution is -2.17. The molecule has 0 amide bonds. The van der Waals surface area contributed by atoms with Crippen LogP contribution in [0.1, 0.15) is 31.4 Å². The molecular weight excluding hydrogens is 160 g/mol. The molecule has 1 aliphatic heterocycles. The van der Waals surface area contributed by atoms with Crippen molar-refractivity contribution in [2.45, 2.75) is 25.8 Å². The van der Waals surface area contributed by atoms with Gasteiger partial charge in [-0.1, -0.05) is 19.4 Å². The van der Waals surface area contributed by atoms with Gasteiger partial charge in [0.15, 0.2) is 0 Å². The van der Waals surface area contributed by atoms with Crippen LogP contribution in [-0.4, -0.2) is 11.5 Å². The highest BCUT2D eigenvalue weighted by molar-refractivity contribution is 5.16. The summed E-state index contributed by atoms with van der Waals surface area (Å²) in [6, 6.07) is 4.72. The molecule has 2 rings (SSSR count). The summed E-state index contributed by atoms with van der Waals surface area (Å²) in [5.41, 5.74) is 1.34. The largest absolute Gasteiger partial charge is 0.310 e. The van der Waals surface area contributed by atoms with Gasteiger partial charge in [-0.15, -0.1) is 0 Å². The third-order valence-corrected chi connectivity index (χ3v) is 2.92. The van der Waals surface area contributed by atoms with E-state index < -0.39 is 0 Å². The van der Waals surface area contributed by atoms with Crippen molar-refractivity contribution in [1.29, 1.82) is 0 Å². The van der Waals surface area contributed by atoms with Gasteiger partial charge >= 0.3 is 0 Å². The summed E-state index contributed by atoms with van der Waals surface area (Å²) in [4.78, 5) is 4.16. The first-order valence-electron chi connectivity index (χ1n) is 5.05. The van der Waals surface area contributed by atoms with E-state index in [-0.39, 0.29) is 0 Å². The second-order valence-electron chi connectivity index (χ2n) is 3.68. The molecule has 0 aliphatic carbocycles. The molecule has 0 radical (unpaired) electrons. The van der Waals surface area contributed by atoms with Crippen molar-refractivity contribution in [3.05, 3.63) is 30.1 Å². The molecule has 0 spiro atoms. The fourth-order valence-electron chi connectivity index (χ4n) is 2.15.